The summed E-state index contributed by atoms with van der Waals surface area (Å²) >= 11 is 0. The van der Waals surface area contributed by atoms with E-state index in [1.54, 1.807) is 35.3 Å². The van der Waals surface area contributed by atoms with Crippen molar-refractivity contribution in [2.45, 2.75) is 13.3 Å². The minimum Gasteiger partial charge on any atom is -0.384 e. The van der Waals surface area contributed by atoms with Gasteiger partial charge in [0.05, 0.1) is 11.3 Å². The van der Waals surface area contributed by atoms with Crippen LogP contribution in [0.1, 0.15) is 23.7 Å². The molecule has 0 bridgehead atoms. The Morgan fingerprint density at radius 2 is 2.25 bits per heavy atom. The molecule has 1 saturated heterocycles. The lowest BCUT2D eigenvalue weighted by Gasteiger charge is -2.32. The second kappa shape index (κ2) is 6.36. The molecule has 1 N–H and O–H groups in total. The zero-order chi connectivity index (χ0) is 14.5. The van der Waals surface area contributed by atoms with Gasteiger partial charge in [0.2, 0.25) is 5.91 Å². The van der Waals surface area contributed by atoms with E-state index in [1.807, 2.05) is 0 Å². The predicted octanol–water partition coefficient (Wildman–Crippen LogP) is 0.818. The molecule has 6 nitrogen and oxygen atoms in total. The van der Waals surface area contributed by atoms with Crippen molar-refractivity contribution in [2.75, 3.05) is 38.5 Å². The minimum atomic E-state index is -0.141. The molecule has 2 amide bonds. The lowest BCUT2D eigenvalue weighted by atomic mass is 10.2. The number of amides is 2. The molecule has 20 heavy (non-hydrogen) atoms. The molecule has 1 aliphatic heterocycles. The van der Waals surface area contributed by atoms with E-state index in [4.69, 9.17) is 0 Å². The van der Waals surface area contributed by atoms with Crippen molar-refractivity contribution in [1.82, 2.24) is 14.8 Å². The third-order valence-corrected chi connectivity index (χ3v) is 3.36. The SMILES string of the molecule is CCCNc1ccncc1C(=O)N1CCN(C)C(=O)C1. The first-order valence-corrected chi connectivity index (χ1v) is 6.84. The van der Waals surface area contributed by atoms with E-state index in [1.165, 1.54) is 0 Å². The quantitative estimate of drug-likeness (QED) is 0.884. The van der Waals surface area contributed by atoms with Gasteiger partial charge in [-0.3, -0.25) is 14.6 Å². The molecule has 0 saturated carbocycles. The van der Waals surface area contributed by atoms with Gasteiger partial charge in [0.1, 0.15) is 6.54 Å². The van der Waals surface area contributed by atoms with E-state index in [-0.39, 0.29) is 18.4 Å². The van der Waals surface area contributed by atoms with Crippen LogP contribution in [0.3, 0.4) is 0 Å². The lowest BCUT2D eigenvalue weighted by Crippen LogP contribution is -2.50. The predicted molar refractivity (Wildman–Crippen MR) is 76.6 cm³/mol. The summed E-state index contributed by atoms with van der Waals surface area (Å²) in [6.07, 6.45) is 4.19. The number of carbonyl (C=O) groups excluding carboxylic acids is 2. The van der Waals surface area contributed by atoms with Crippen molar-refractivity contribution in [3.05, 3.63) is 24.0 Å². The molecule has 2 heterocycles. The fraction of sp³-hybridized carbons (Fsp3) is 0.500. The van der Waals surface area contributed by atoms with E-state index in [2.05, 4.69) is 17.2 Å². The van der Waals surface area contributed by atoms with Crippen LogP contribution in [0.15, 0.2) is 18.5 Å². The Balaban J connectivity index is 2.14. The number of pyridine rings is 1. The summed E-state index contributed by atoms with van der Waals surface area (Å²) in [5.41, 5.74) is 1.30. The number of nitrogens with one attached hydrogen (secondary N) is 1. The first-order chi connectivity index (χ1) is 9.63. The van der Waals surface area contributed by atoms with Crippen LogP contribution < -0.4 is 5.32 Å². The highest BCUT2D eigenvalue weighted by Crippen LogP contribution is 2.17. The summed E-state index contributed by atoms with van der Waals surface area (Å²) in [6, 6.07) is 1.79. The Bertz CT molecular complexity index is 504. The van der Waals surface area contributed by atoms with E-state index in [0.717, 1.165) is 18.7 Å². The van der Waals surface area contributed by atoms with Crippen LogP contribution in [0, 0.1) is 0 Å². The standard InChI is InChI=1S/C14H20N4O2/c1-3-5-16-12-4-6-15-9-11(12)14(20)18-8-7-17(2)13(19)10-18/h4,6,9H,3,5,7-8,10H2,1-2H3,(H,15,16). The third kappa shape index (κ3) is 3.07. The van der Waals surface area contributed by atoms with Crippen LogP contribution in [0.4, 0.5) is 5.69 Å². The van der Waals surface area contributed by atoms with Gasteiger partial charge in [0.15, 0.2) is 0 Å². The Hall–Kier alpha value is -2.11. The number of carbonyl (C=O) groups is 2. The monoisotopic (exact) mass is 276 g/mol. The fourth-order valence-electron chi connectivity index (χ4n) is 2.08. The van der Waals surface area contributed by atoms with Crippen LogP contribution in [-0.2, 0) is 4.79 Å². The largest absolute Gasteiger partial charge is 0.384 e. The molecule has 108 valence electrons. The van der Waals surface area contributed by atoms with Crippen molar-refractivity contribution in [1.29, 1.82) is 0 Å². The number of likely N-dealkylation sites (N-methyl/N-ethyl adjacent to an activating group) is 1. The molecule has 1 fully saturated rings. The summed E-state index contributed by atoms with van der Waals surface area (Å²) in [6.45, 7) is 4.13. The number of anilines is 1. The van der Waals surface area contributed by atoms with Crippen molar-refractivity contribution >= 4 is 17.5 Å². The summed E-state index contributed by atoms with van der Waals surface area (Å²) < 4.78 is 0. The van der Waals surface area contributed by atoms with Crippen molar-refractivity contribution in [3.8, 4) is 0 Å². The second-order valence-corrected chi connectivity index (χ2v) is 4.89. The van der Waals surface area contributed by atoms with Crippen molar-refractivity contribution in [2.24, 2.45) is 0 Å². The highest BCUT2D eigenvalue weighted by molar-refractivity contribution is 6.01. The number of piperazine rings is 1. The van der Waals surface area contributed by atoms with E-state index in [9.17, 15) is 9.59 Å². The topological polar surface area (TPSA) is 65.5 Å². The molecule has 6 heteroatoms. The Kier molecular flexibility index (Phi) is 4.55. The summed E-state index contributed by atoms with van der Waals surface area (Å²) in [7, 11) is 1.75. The molecule has 0 aliphatic carbocycles. The Labute approximate surface area is 118 Å². The average molecular weight is 276 g/mol. The molecule has 0 atom stereocenters. The molecule has 0 unspecified atom stereocenters. The summed E-state index contributed by atoms with van der Waals surface area (Å²) in [5.74, 6) is -0.172. The number of nitrogens with zero attached hydrogens (tertiary/aromatic N) is 3. The maximum absolute atomic E-state index is 12.5. The first-order valence-electron chi connectivity index (χ1n) is 6.84. The lowest BCUT2D eigenvalue weighted by molar-refractivity contribution is -0.133. The summed E-state index contributed by atoms with van der Waals surface area (Å²) in [4.78, 5) is 31.5. The van der Waals surface area contributed by atoms with Crippen LogP contribution >= 0.6 is 0 Å². The number of hydrogen-bond donors (Lipinski definition) is 1. The maximum atomic E-state index is 12.5. The molecular formula is C14H20N4O2. The maximum Gasteiger partial charge on any atom is 0.258 e. The van der Waals surface area contributed by atoms with Gasteiger partial charge in [0.25, 0.3) is 5.91 Å². The van der Waals surface area contributed by atoms with E-state index >= 15 is 0 Å². The molecule has 0 spiro atoms. The number of hydrogen-bond acceptors (Lipinski definition) is 4. The number of rotatable bonds is 4. The Morgan fingerprint density at radius 3 is 2.95 bits per heavy atom. The van der Waals surface area contributed by atoms with Gasteiger partial charge in [0, 0.05) is 39.1 Å². The highest BCUT2D eigenvalue weighted by Gasteiger charge is 2.26. The molecule has 0 radical (unpaired) electrons. The van der Waals surface area contributed by atoms with Crippen LogP contribution in [0.2, 0.25) is 0 Å². The Morgan fingerprint density at radius 1 is 1.45 bits per heavy atom. The van der Waals surface area contributed by atoms with Gasteiger partial charge >= 0.3 is 0 Å². The molecule has 1 aromatic rings. The van der Waals surface area contributed by atoms with Gasteiger partial charge in [-0.2, -0.15) is 0 Å². The van der Waals surface area contributed by atoms with Crippen LogP contribution in [0.5, 0.6) is 0 Å². The molecular weight excluding hydrogens is 256 g/mol. The number of aromatic nitrogens is 1. The zero-order valence-electron chi connectivity index (χ0n) is 11.9. The van der Waals surface area contributed by atoms with E-state index in [0.29, 0.717) is 18.7 Å². The van der Waals surface area contributed by atoms with Gasteiger partial charge < -0.3 is 15.1 Å². The smallest absolute Gasteiger partial charge is 0.258 e. The van der Waals surface area contributed by atoms with Crippen LogP contribution in [-0.4, -0.2) is 59.8 Å². The second-order valence-electron chi connectivity index (χ2n) is 4.89. The minimum absolute atomic E-state index is 0.0310. The van der Waals surface area contributed by atoms with E-state index < -0.39 is 0 Å². The molecule has 2 rings (SSSR count). The van der Waals surface area contributed by atoms with Gasteiger partial charge in [-0.15, -0.1) is 0 Å². The van der Waals surface area contributed by atoms with Crippen LogP contribution in [0.25, 0.3) is 0 Å². The molecule has 1 aliphatic rings. The fourth-order valence-corrected chi connectivity index (χ4v) is 2.08. The highest BCUT2D eigenvalue weighted by atomic mass is 16.2. The third-order valence-electron chi connectivity index (χ3n) is 3.36. The van der Waals surface area contributed by atoms with Crippen molar-refractivity contribution < 1.29 is 9.59 Å². The average Bonchev–Trinajstić information content (AvgIpc) is 2.47. The van der Waals surface area contributed by atoms with Gasteiger partial charge in [-0.05, 0) is 12.5 Å². The van der Waals surface area contributed by atoms with Gasteiger partial charge in [-0.1, -0.05) is 6.92 Å². The van der Waals surface area contributed by atoms with Crippen molar-refractivity contribution in [3.63, 3.8) is 0 Å². The first kappa shape index (κ1) is 14.3. The normalized spacial score (nSPS) is 15.4. The van der Waals surface area contributed by atoms with Gasteiger partial charge in [-0.25, -0.2) is 0 Å². The summed E-state index contributed by atoms with van der Waals surface area (Å²) in [5, 5.41) is 3.22. The molecule has 0 aromatic carbocycles. The zero-order valence-corrected chi connectivity index (χ0v) is 11.9. The molecule has 1 aromatic heterocycles.